The van der Waals surface area contributed by atoms with Crippen molar-refractivity contribution >= 4 is 45.6 Å². The van der Waals surface area contributed by atoms with Crippen LogP contribution < -0.4 is 5.32 Å². The third kappa shape index (κ3) is 2.66. The number of nitrogens with one attached hydrogen (secondary N) is 1. The van der Waals surface area contributed by atoms with E-state index in [-0.39, 0.29) is 16.2 Å². The van der Waals surface area contributed by atoms with Crippen LogP contribution in [0.1, 0.15) is 10.4 Å². The quantitative estimate of drug-likeness (QED) is 0.855. The summed E-state index contributed by atoms with van der Waals surface area (Å²) in [5.41, 5.74) is 1.84. The summed E-state index contributed by atoms with van der Waals surface area (Å²) in [6.07, 6.45) is 0. The van der Waals surface area contributed by atoms with E-state index < -0.39 is 0 Å². The maximum Gasteiger partial charge on any atom is 0.257 e. The minimum Gasteiger partial charge on any atom is -0.296 e. The third-order valence-electron chi connectivity index (χ3n) is 1.61. The maximum atomic E-state index is 11.7. The smallest absolute Gasteiger partial charge is 0.257 e. The Morgan fingerprint density at radius 2 is 2.00 bits per heavy atom. The summed E-state index contributed by atoms with van der Waals surface area (Å²) in [5.74, 6) is -0.358. The molecular weight excluding hydrogens is 271 g/mol. The number of halogens is 2. The molecule has 82 valence electrons. The van der Waals surface area contributed by atoms with Crippen molar-refractivity contribution < 1.29 is 4.79 Å². The van der Waals surface area contributed by atoms with Crippen molar-refractivity contribution in [1.29, 1.82) is 0 Å². The molecule has 0 radical (unpaired) electrons. The molecule has 8 heteroatoms. The van der Waals surface area contributed by atoms with E-state index in [4.69, 9.17) is 23.2 Å². The van der Waals surface area contributed by atoms with Crippen LogP contribution in [0.3, 0.4) is 0 Å². The average Bonchev–Trinajstić information content (AvgIpc) is 2.68. The molecule has 0 saturated heterocycles. The fourth-order valence-electron chi connectivity index (χ4n) is 0.993. The first kappa shape index (κ1) is 11.3. The van der Waals surface area contributed by atoms with E-state index in [1.807, 2.05) is 0 Å². The number of nitrogens with zero attached hydrogens (tertiary/aromatic N) is 3. The monoisotopic (exact) mass is 274 g/mol. The summed E-state index contributed by atoms with van der Waals surface area (Å²) < 4.78 is 0. The molecule has 0 unspecified atom stereocenters. The van der Waals surface area contributed by atoms with E-state index in [0.717, 1.165) is 0 Å². The molecule has 5 nitrogen and oxygen atoms in total. The van der Waals surface area contributed by atoms with Crippen LogP contribution in [0.5, 0.6) is 0 Å². The highest BCUT2D eigenvalue weighted by Crippen LogP contribution is 2.16. The number of aromatic nitrogens is 3. The maximum absolute atomic E-state index is 11.7. The molecule has 1 N–H and O–H groups in total. The number of carbonyl (C=O) groups is 1. The second-order valence-electron chi connectivity index (χ2n) is 2.70. The van der Waals surface area contributed by atoms with Crippen LogP contribution in [0.4, 0.5) is 5.13 Å². The van der Waals surface area contributed by atoms with Gasteiger partial charge in [0.15, 0.2) is 0 Å². The number of hydrogen-bond donors (Lipinski definition) is 1. The van der Waals surface area contributed by atoms with Gasteiger partial charge >= 0.3 is 0 Å². The molecule has 0 aliphatic heterocycles. The van der Waals surface area contributed by atoms with Crippen LogP contribution in [-0.4, -0.2) is 21.1 Å². The van der Waals surface area contributed by atoms with Crippen LogP contribution >= 0.6 is 34.5 Å². The molecule has 1 amide bonds. The van der Waals surface area contributed by atoms with Crippen molar-refractivity contribution in [1.82, 2.24) is 15.2 Å². The Labute approximate surface area is 104 Å². The number of amides is 1. The van der Waals surface area contributed by atoms with Gasteiger partial charge in [-0.15, -0.1) is 10.2 Å². The SMILES string of the molecule is O=C(Nc1nncs1)c1cc(Cl)nc(Cl)c1. The van der Waals surface area contributed by atoms with Crippen molar-refractivity contribution in [3.05, 3.63) is 33.5 Å². The van der Waals surface area contributed by atoms with Gasteiger partial charge in [0, 0.05) is 5.56 Å². The predicted molar refractivity (Wildman–Crippen MR) is 62.1 cm³/mol. The number of anilines is 1. The van der Waals surface area contributed by atoms with E-state index in [1.54, 1.807) is 0 Å². The van der Waals surface area contributed by atoms with Gasteiger partial charge in [-0.1, -0.05) is 34.5 Å². The van der Waals surface area contributed by atoms with Crippen LogP contribution in [0.2, 0.25) is 10.3 Å². The fraction of sp³-hybridized carbons (Fsp3) is 0. The summed E-state index contributed by atoms with van der Waals surface area (Å²) in [4.78, 5) is 15.4. The predicted octanol–water partition coefficient (Wildman–Crippen LogP) is 2.49. The highest BCUT2D eigenvalue weighted by Gasteiger charge is 2.10. The molecule has 0 saturated carbocycles. The summed E-state index contributed by atoms with van der Waals surface area (Å²) in [6, 6.07) is 2.84. The lowest BCUT2D eigenvalue weighted by atomic mass is 10.2. The van der Waals surface area contributed by atoms with Gasteiger partial charge in [-0.25, -0.2) is 4.98 Å². The highest BCUT2D eigenvalue weighted by molar-refractivity contribution is 7.13. The minimum atomic E-state index is -0.358. The first-order valence-corrected chi connectivity index (χ1v) is 5.69. The molecule has 0 spiro atoms. The molecule has 0 bridgehead atoms. The molecular formula is C8H4Cl2N4OS. The Bertz CT molecular complexity index is 497. The molecule has 0 aromatic carbocycles. The van der Waals surface area contributed by atoms with Gasteiger partial charge in [-0.05, 0) is 12.1 Å². The van der Waals surface area contributed by atoms with E-state index in [9.17, 15) is 4.79 Å². The topological polar surface area (TPSA) is 67.8 Å². The molecule has 0 fully saturated rings. The van der Waals surface area contributed by atoms with Crippen molar-refractivity contribution in [2.75, 3.05) is 5.32 Å². The van der Waals surface area contributed by atoms with Gasteiger partial charge < -0.3 is 0 Å². The van der Waals surface area contributed by atoms with Crippen molar-refractivity contribution in [2.45, 2.75) is 0 Å². The third-order valence-corrected chi connectivity index (χ3v) is 2.60. The summed E-state index contributed by atoms with van der Waals surface area (Å²) in [7, 11) is 0. The molecule has 2 rings (SSSR count). The lowest BCUT2D eigenvalue weighted by Gasteiger charge is -2.01. The summed E-state index contributed by atoms with van der Waals surface area (Å²) >= 11 is 12.6. The standard InChI is InChI=1S/C8H4Cl2N4OS/c9-5-1-4(2-6(10)12-5)7(15)13-8-14-11-3-16-8/h1-3H,(H,13,14,15). The zero-order valence-corrected chi connectivity index (χ0v) is 9.97. The van der Waals surface area contributed by atoms with Crippen LogP contribution in [0, 0.1) is 0 Å². The van der Waals surface area contributed by atoms with Gasteiger partial charge in [0.25, 0.3) is 5.91 Å². The minimum absolute atomic E-state index is 0.162. The van der Waals surface area contributed by atoms with E-state index in [0.29, 0.717) is 10.7 Å². The van der Waals surface area contributed by atoms with E-state index >= 15 is 0 Å². The lowest BCUT2D eigenvalue weighted by molar-refractivity contribution is 0.102. The van der Waals surface area contributed by atoms with Crippen molar-refractivity contribution in [2.24, 2.45) is 0 Å². The van der Waals surface area contributed by atoms with Crippen LogP contribution in [0.15, 0.2) is 17.6 Å². The van der Waals surface area contributed by atoms with E-state index in [2.05, 4.69) is 20.5 Å². The normalized spacial score (nSPS) is 10.1. The van der Waals surface area contributed by atoms with Gasteiger partial charge in [-0.2, -0.15) is 0 Å². The zero-order valence-electron chi connectivity index (χ0n) is 7.65. The second-order valence-corrected chi connectivity index (χ2v) is 4.31. The molecule has 0 aliphatic rings. The highest BCUT2D eigenvalue weighted by atomic mass is 35.5. The Balaban J connectivity index is 2.21. The first-order valence-electron chi connectivity index (χ1n) is 4.06. The number of carbonyl (C=O) groups excluding carboxylic acids is 1. The molecule has 2 aromatic rings. The van der Waals surface area contributed by atoms with Crippen molar-refractivity contribution in [3.8, 4) is 0 Å². The zero-order chi connectivity index (χ0) is 11.5. The van der Waals surface area contributed by atoms with Gasteiger partial charge in [0.2, 0.25) is 5.13 Å². The Morgan fingerprint density at radius 1 is 1.31 bits per heavy atom. The van der Waals surface area contributed by atoms with Gasteiger partial charge in [-0.3, -0.25) is 10.1 Å². The number of pyridine rings is 1. The molecule has 2 heterocycles. The summed E-state index contributed by atoms with van der Waals surface area (Å²) in [5, 5.41) is 10.6. The Hall–Kier alpha value is -1.24. The molecule has 16 heavy (non-hydrogen) atoms. The lowest BCUT2D eigenvalue weighted by Crippen LogP contribution is -2.12. The average molecular weight is 275 g/mol. The number of rotatable bonds is 2. The molecule has 2 aromatic heterocycles. The van der Waals surface area contributed by atoms with Gasteiger partial charge in [0.05, 0.1) is 0 Å². The largest absolute Gasteiger partial charge is 0.296 e. The van der Waals surface area contributed by atoms with Crippen LogP contribution in [0.25, 0.3) is 0 Å². The first-order chi connectivity index (χ1) is 7.65. The Morgan fingerprint density at radius 3 is 2.56 bits per heavy atom. The van der Waals surface area contributed by atoms with Crippen LogP contribution in [-0.2, 0) is 0 Å². The van der Waals surface area contributed by atoms with Crippen molar-refractivity contribution in [3.63, 3.8) is 0 Å². The van der Waals surface area contributed by atoms with Gasteiger partial charge in [0.1, 0.15) is 15.8 Å². The second kappa shape index (κ2) is 4.73. The fourth-order valence-corrected chi connectivity index (χ4v) is 1.89. The van der Waals surface area contributed by atoms with E-state index in [1.165, 1.54) is 29.0 Å². The Kier molecular flexibility index (Phi) is 3.33. The molecule has 0 atom stereocenters. The number of hydrogen-bond acceptors (Lipinski definition) is 5. The summed E-state index contributed by atoms with van der Waals surface area (Å²) in [6.45, 7) is 0. The molecule has 0 aliphatic carbocycles.